The summed E-state index contributed by atoms with van der Waals surface area (Å²) >= 11 is 0. The van der Waals surface area contributed by atoms with Crippen molar-refractivity contribution >= 4 is 0 Å². The van der Waals surface area contributed by atoms with Gasteiger partial charge in [0.25, 0.3) is 0 Å². The van der Waals surface area contributed by atoms with Crippen molar-refractivity contribution in [3.05, 3.63) is 89.7 Å². The maximum absolute atomic E-state index is 11.6. The summed E-state index contributed by atoms with van der Waals surface area (Å²) < 4.78 is 10.4. The summed E-state index contributed by atoms with van der Waals surface area (Å²) in [4.78, 5) is 4.16. The molecular weight excluding hydrogens is 302 g/mol. The third kappa shape index (κ3) is 2.84. The van der Waals surface area contributed by atoms with Gasteiger partial charge in [0.2, 0.25) is 0 Å². The Morgan fingerprint density at radius 2 is 1.25 bits per heavy atom. The van der Waals surface area contributed by atoms with Crippen LogP contribution in [0, 0.1) is 0 Å². The molecule has 0 saturated carbocycles. The fraction of sp³-hybridized carbons (Fsp3) is 0.150. The Hall–Kier alpha value is -2.85. The topological polar surface area (TPSA) is 51.6 Å². The van der Waals surface area contributed by atoms with Gasteiger partial charge in [0.15, 0.2) is 0 Å². The second-order valence-corrected chi connectivity index (χ2v) is 5.41. The van der Waals surface area contributed by atoms with Crippen molar-refractivity contribution in [1.29, 1.82) is 0 Å². The van der Waals surface area contributed by atoms with Crippen LogP contribution in [0.4, 0.5) is 0 Å². The third-order valence-corrected chi connectivity index (χ3v) is 4.09. The lowest BCUT2D eigenvalue weighted by Crippen LogP contribution is -2.29. The molecular formula is C20H19NO3. The van der Waals surface area contributed by atoms with Crippen molar-refractivity contribution in [1.82, 2.24) is 4.98 Å². The first-order chi connectivity index (χ1) is 11.7. The Bertz CT molecular complexity index is 736. The number of hydrogen-bond donors (Lipinski definition) is 1. The van der Waals surface area contributed by atoms with Crippen molar-refractivity contribution in [2.45, 2.75) is 5.60 Å². The van der Waals surface area contributed by atoms with E-state index < -0.39 is 5.60 Å². The summed E-state index contributed by atoms with van der Waals surface area (Å²) in [5.41, 5.74) is 0.857. The van der Waals surface area contributed by atoms with Gasteiger partial charge in [-0.3, -0.25) is 4.98 Å². The molecule has 0 atom stereocenters. The Labute approximate surface area is 141 Å². The molecule has 4 nitrogen and oxygen atoms in total. The van der Waals surface area contributed by atoms with E-state index in [1.54, 1.807) is 26.6 Å². The molecule has 0 bridgehead atoms. The Morgan fingerprint density at radius 3 is 1.62 bits per heavy atom. The summed E-state index contributed by atoms with van der Waals surface area (Å²) in [5, 5.41) is 11.6. The largest absolute Gasteiger partial charge is 0.497 e. The minimum Gasteiger partial charge on any atom is -0.497 e. The minimum absolute atomic E-state index is 0.695. The van der Waals surface area contributed by atoms with E-state index in [0.717, 1.165) is 22.6 Å². The molecule has 0 radical (unpaired) electrons. The highest BCUT2D eigenvalue weighted by Gasteiger charge is 2.34. The number of aromatic nitrogens is 1. The quantitative estimate of drug-likeness (QED) is 0.783. The van der Waals surface area contributed by atoms with E-state index in [4.69, 9.17) is 9.47 Å². The van der Waals surface area contributed by atoms with E-state index in [0.29, 0.717) is 5.56 Å². The smallest absolute Gasteiger partial charge is 0.142 e. The molecule has 1 N–H and O–H groups in total. The van der Waals surface area contributed by atoms with E-state index in [-0.39, 0.29) is 0 Å². The monoisotopic (exact) mass is 321 g/mol. The molecule has 0 spiro atoms. The van der Waals surface area contributed by atoms with Crippen LogP contribution in [0.2, 0.25) is 0 Å². The van der Waals surface area contributed by atoms with Crippen LogP contribution in [0.1, 0.15) is 16.7 Å². The Morgan fingerprint density at radius 1 is 0.750 bits per heavy atom. The first-order valence-corrected chi connectivity index (χ1v) is 7.60. The zero-order valence-electron chi connectivity index (χ0n) is 13.6. The van der Waals surface area contributed by atoms with Gasteiger partial charge in [0, 0.05) is 18.0 Å². The molecule has 0 unspecified atom stereocenters. The van der Waals surface area contributed by atoms with Crippen LogP contribution in [0.25, 0.3) is 0 Å². The lowest BCUT2D eigenvalue weighted by atomic mass is 9.81. The molecule has 3 aromatic rings. The number of nitrogens with zero attached hydrogens (tertiary/aromatic N) is 1. The average molecular weight is 321 g/mol. The van der Waals surface area contributed by atoms with Gasteiger partial charge in [-0.25, -0.2) is 0 Å². The highest BCUT2D eigenvalue weighted by Crippen LogP contribution is 2.37. The summed E-state index contributed by atoms with van der Waals surface area (Å²) in [6.45, 7) is 0. The molecule has 0 amide bonds. The molecule has 4 heteroatoms. The fourth-order valence-corrected chi connectivity index (χ4v) is 2.74. The van der Waals surface area contributed by atoms with Crippen LogP contribution in [0.3, 0.4) is 0 Å². The Kier molecular flexibility index (Phi) is 4.49. The molecule has 0 aliphatic heterocycles. The highest BCUT2D eigenvalue weighted by molar-refractivity contribution is 5.48. The predicted molar refractivity (Wildman–Crippen MR) is 92.3 cm³/mol. The first kappa shape index (κ1) is 16.0. The van der Waals surface area contributed by atoms with Crippen LogP contribution < -0.4 is 9.47 Å². The van der Waals surface area contributed by atoms with Gasteiger partial charge >= 0.3 is 0 Å². The van der Waals surface area contributed by atoms with Crippen molar-refractivity contribution in [2.75, 3.05) is 14.2 Å². The van der Waals surface area contributed by atoms with Gasteiger partial charge in [-0.1, -0.05) is 30.3 Å². The maximum Gasteiger partial charge on any atom is 0.142 e. The molecule has 0 aliphatic carbocycles. The highest BCUT2D eigenvalue weighted by atomic mass is 16.5. The minimum atomic E-state index is -1.31. The number of rotatable bonds is 5. The summed E-state index contributed by atoms with van der Waals surface area (Å²) in [7, 11) is 3.23. The second kappa shape index (κ2) is 6.72. The molecule has 1 heterocycles. The van der Waals surface area contributed by atoms with E-state index in [9.17, 15) is 5.11 Å². The number of methoxy groups -OCH3 is 2. The molecule has 1 aromatic heterocycles. The number of benzene rings is 2. The van der Waals surface area contributed by atoms with E-state index in [1.807, 2.05) is 60.7 Å². The van der Waals surface area contributed by atoms with E-state index >= 15 is 0 Å². The van der Waals surface area contributed by atoms with Crippen LogP contribution in [0.15, 0.2) is 73.1 Å². The third-order valence-electron chi connectivity index (χ3n) is 4.09. The van der Waals surface area contributed by atoms with Gasteiger partial charge in [-0.05, 0) is 41.5 Å². The fourth-order valence-electron chi connectivity index (χ4n) is 2.74. The van der Waals surface area contributed by atoms with Crippen LogP contribution in [-0.2, 0) is 5.60 Å². The molecule has 2 aromatic carbocycles. The molecule has 0 fully saturated rings. The molecule has 0 aliphatic rings. The van der Waals surface area contributed by atoms with Crippen LogP contribution >= 0.6 is 0 Å². The van der Waals surface area contributed by atoms with E-state index in [2.05, 4.69) is 4.98 Å². The molecule has 24 heavy (non-hydrogen) atoms. The normalized spacial score (nSPS) is 11.1. The van der Waals surface area contributed by atoms with Crippen LogP contribution in [-0.4, -0.2) is 24.3 Å². The number of ether oxygens (including phenoxy) is 2. The molecule has 0 saturated heterocycles. The lowest BCUT2D eigenvalue weighted by molar-refractivity contribution is 0.125. The number of aliphatic hydroxyl groups is 1. The van der Waals surface area contributed by atoms with Gasteiger partial charge in [-0.2, -0.15) is 0 Å². The predicted octanol–water partition coefficient (Wildman–Crippen LogP) is 3.38. The lowest BCUT2D eigenvalue weighted by Gasteiger charge is -2.30. The first-order valence-electron chi connectivity index (χ1n) is 7.60. The van der Waals surface area contributed by atoms with Crippen LogP contribution in [0.5, 0.6) is 11.5 Å². The number of pyridine rings is 1. The van der Waals surface area contributed by atoms with Gasteiger partial charge in [-0.15, -0.1) is 0 Å². The number of hydrogen-bond acceptors (Lipinski definition) is 4. The van der Waals surface area contributed by atoms with Gasteiger partial charge in [0.1, 0.15) is 17.1 Å². The average Bonchev–Trinajstić information content (AvgIpc) is 2.68. The molecule has 3 rings (SSSR count). The zero-order chi connectivity index (χ0) is 17.0. The second-order valence-electron chi connectivity index (χ2n) is 5.41. The summed E-state index contributed by atoms with van der Waals surface area (Å²) in [5.74, 6) is 1.48. The van der Waals surface area contributed by atoms with Crippen molar-refractivity contribution < 1.29 is 14.6 Å². The van der Waals surface area contributed by atoms with Gasteiger partial charge < -0.3 is 14.6 Å². The van der Waals surface area contributed by atoms with E-state index in [1.165, 1.54) is 0 Å². The van der Waals surface area contributed by atoms with Gasteiger partial charge in [0.05, 0.1) is 14.2 Å². The maximum atomic E-state index is 11.6. The summed E-state index contributed by atoms with van der Waals surface area (Å²) in [6, 6.07) is 18.4. The molecule has 122 valence electrons. The SMILES string of the molecule is COc1ccc(C(O)(c2ccc(OC)cc2)c2cccnc2)cc1. The van der Waals surface area contributed by atoms with Crippen molar-refractivity contribution in [3.63, 3.8) is 0 Å². The van der Waals surface area contributed by atoms with Crippen molar-refractivity contribution in [2.24, 2.45) is 0 Å². The standard InChI is InChI=1S/C20H19NO3/c1-23-18-9-5-15(6-10-18)20(22,17-4-3-13-21-14-17)16-7-11-19(24-2)12-8-16/h3-14,22H,1-2H3. The zero-order valence-corrected chi connectivity index (χ0v) is 13.6. The summed E-state index contributed by atoms with van der Waals surface area (Å²) in [6.07, 6.45) is 3.36. The Balaban J connectivity index is 2.16. The van der Waals surface area contributed by atoms with Crippen molar-refractivity contribution in [3.8, 4) is 11.5 Å².